The molecule has 0 fully saturated rings. The Morgan fingerprint density at radius 2 is 1.72 bits per heavy atom. The minimum absolute atomic E-state index is 0.0480. The van der Waals surface area contributed by atoms with Crippen molar-refractivity contribution in [2.24, 2.45) is 5.10 Å². The van der Waals surface area contributed by atoms with Crippen molar-refractivity contribution < 1.29 is 40.2 Å². The molecule has 0 amide bonds. The highest BCUT2D eigenvalue weighted by Crippen LogP contribution is 2.38. The lowest BCUT2D eigenvalue weighted by Crippen LogP contribution is -2.44. The molecule has 25 heavy (non-hydrogen) atoms. The van der Waals surface area contributed by atoms with Crippen LogP contribution in [-0.2, 0) is 14.8 Å². The maximum absolute atomic E-state index is 13.6. The molecule has 2 rings (SSSR count). The van der Waals surface area contributed by atoms with E-state index >= 15 is 0 Å². The van der Waals surface area contributed by atoms with Crippen molar-refractivity contribution in [3.63, 3.8) is 0 Å². The Morgan fingerprint density at radius 1 is 1.20 bits per heavy atom. The average Bonchev–Trinajstić information content (AvgIpc) is 2.74. The molecule has 140 valence electrons. The van der Waals surface area contributed by atoms with E-state index < -0.39 is 40.4 Å². The predicted octanol–water partition coefficient (Wildman–Crippen LogP) is 2.58. The minimum Gasteiger partial charge on any atom is -0.368 e. The van der Waals surface area contributed by atoms with Crippen LogP contribution in [-0.4, -0.2) is 41.8 Å². The SMILES string of the molecule is Cc1ccc(S(=O)(=O)N2N=C(C(F)(F)OC(F)(F)F)C[C@]2(C)O)cc1. The van der Waals surface area contributed by atoms with Gasteiger partial charge in [-0.15, -0.1) is 13.2 Å². The van der Waals surface area contributed by atoms with Crippen LogP contribution in [0, 0.1) is 6.92 Å². The zero-order chi connectivity index (χ0) is 19.3. The van der Waals surface area contributed by atoms with E-state index in [1.54, 1.807) is 6.92 Å². The molecule has 1 N–H and O–H groups in total. The van der Waals surface area contributed by atoms with Gasteiger partial charge in [0.2, 0.25) is 0 Å². The van der Waals surface area contributed by atoms with Gasteiger partial charge in [0.15, 0.2) is 5.72 Å². The van der Waals surface area contributed by atoms with E-state index in [0.29, 0.717) is 5.56 Å². The van der Waals surface area contributed by atoms with E-state index in [2.05, 4.69) is 9.84 Å². The van der Waals surface area contributed by atoms with Gasteiger partial charge in [-0.1, -0.05) is 17.7 Å². The fourth-order valence-electron chi connectivity index (χ4n) is 2.13. The molecule has 0 aromatic heterocycles. The molecule has 1 atom stereocenters. The van der Waals surface area contributed by atoms with Gasteiger partial charge in [-0.2, -0.15) is 26.7 Å². The molecule has 0 aliphatic carbocycles. The molecule has 1 aliphatic rings. The Morgan fingerprint density at radius 3 is 2.20 bits per heavy atom. The molecule has 0 saturated carbocycles. The number of sulfonamides is 1. The first-order valence-corrected chi connectivity index (χ1v) is 8.16. The van der Waals surface area contributed by atoms with Gasteiger partial charge in [-0.3, -0.25) is 0 Å². The molecular formula is C13H13F5N2O4S. The van der Waals surface area contributed by atoms with E-state index in [-0.39, 0.29) is 9.31 Å². The highest BCUT2D eigenvalue weighted by Gasteiger charge is 2.56. The summed E-state index contributed by atoms with van der Waals surface area (Å²) < 4.78 is 91.0. The van der Waals surface area contributed by atoms with Gasteiger partial charge in [-0.05, 0) is 26.0 Å². The van der Waals surface area contributed by atoms with Gasteiger partial charge in [-0.25, -0.2) is 4.74 Å². The van der Waals surface area contributed by atoms with Gasteiger partial charge in [0.05, 0.1) is 4.90 Å². The smallest absolute Gasteiger partial charge is 0.368 e. The number of benzene rings is 1. The predicted molar refractivity (Wildman–Crippen MR) is 75.0 cm³/mol. The molecule has 1 aliphatic heterocycles. The fourth-order valence-corrected chi connectivity index (χ4v) is 3.59. The standard InChI is InChI=1S/C13H13F5N2O4S/c1-8-3-5-9(6-4-8)25(22,23)20-11(2,21)7-10(19-20)12(14,15)24-13(16,17)18/h3-6,21H,7H2,1-2H3/t11-/m0/s1. The number of aryl methyl sites for hydroxylation is 1. The molecule has 0 spiro atoms. The van der Waals surface area contributed by atoms with Crippen LogP contribution in [0.2, 0.25) is 0 Å². The van der Waals surface area contributed by atoms with Gasteiger partial charge >= 0.3 is 12.5 Å². The normalized spacial score (nSPS) is 22.2. The molecule has 0 radical (unpaired) electrons. The Labute approximate surface area is 139 Å². The van der Waals surface area contributed by atoms with Crippen LogP contribution < -0.4 is 0 Å². The third kappa shape index (κ3) is 4.07. The van der Waals surface area contributed by atoms with Crippen LogP contribution in [0.3, 0.4) is 0 Å². The summed E-state index contributed by atoms with van der Waals surface area (Å²) in [5.74, 6) is 0. The van der Waals surface area contributed by atoms with Crippen molar-refractivity contribution in [2.75, 3.05) is 0 Å². The molecule has 1 aromatic rings. The molecular weight excluding hydrogens is 375 g/mol. The molecule has 0 unspecified atom stereocenters. The van der Waals surface area contributed by atoms with Crippen molar-refractivity contribution in [3.8, 4) is 0 Å². The highest BCUT2D eigenvalue weighted by atomic mass is 32.2. The van der Waals surface area contributed by atoms with Crippen LogP contribution in [0.4, 0.5) is 22.0 Å². The number of hydrazone groups is 1. The zero-order valence-corrected chi connectivity index (χ0v) is 13.7. The summed E-state index contributed by atoms with van der Waals surface area (Å²) >= 11 is 0. The second kappa shape index (κ2) is 5.88. The summed E-state index contributed by atoms with van der Waals surface area (Å²) in [6.07, 6.45) is -11.8. The summed E-state index contributed by atoms with van der Waals surface area (Å²) in [5.41, 5.74) is -3.34. The summed E-state index contributed by atoms with van der Waals surface area (Å²) in [6.45, 7) is 2.51. The minimum atomic E-state index is -5.68. The maximum Gasteiger partial charge on any atom is 0.527 e. The summed E-state index contributed by atoms with van der Waals surface area (Å²) in [6, 6.07) is 5.14. The fraction of sp³-hybridized carbons (Fsp3) is 0.462. The molecule has 0 bridgehead atoms. The molecule has 12 heteroatoms. The number of ether oxygens (including phenoxy) is 1. The number of alkyl halides is 5. The number of rotatable bonds is 4. The Bertz CT molecular complexity index is 788. The Balaban J connectivity index is 2.43. The first-order valence-electron chi connectivity index (χ1n) is 6.72. The first kappa shape index (κ1) is 19.5. The van der Waals surface area contributed by atoms with Gasteiger partial charge in [0, 0.05) is 6.42 Å². The summed E-state index contributed by atoms with van der Waals surface area (Å²) in [5, 5.41) is 13.1. The van der Waals surface area contributed by atoms with Crippen LogP contribution in [0.5, 0.6) is 0 Å². The van der Waals surface area contributed by atoms with Crippen molar-refractivity contribution in [1.29, 1.82) is 0 Å². The molecule has 0 saturated heterocycles. The third-order valence-corrected chi connectivity index (χ3v) is 5.05. The van der Waals surface area contributed by atoms with Crippen molar-refractivity contribution in [1.82, 2.24) is 4.41 Å². The van der Waals surface area contributed by atoms with E-state index in [0.717, 1.165) is 19.1 Å². The second-order valence-electron chi connectivity index (χ2n) is 5.57. The topological polar surface area (TPSA) is 79.2 Å². The van der Waals surface area contributed by atoms with Gasteiger partial charge < -0.3 is 5.11 Å². The number of hydrogen-bond donors (Lipinski definition) is 1. The van der Waals surface area contributed by atoms with E-state index in [4.69, 9.17) is 0 Å². The van der Waals surface area contributed by atoms with Crippen LogP contribution in [0.15, 0.2) is 34.3 Å². The quantitative estimate of drug-likeness (QED) is 0.805. The van der Waals surface area contributed by atoms with E-state index in [9.17, 15) is 35.5 Å². The molecule has 1 heterocycles. The highest BCUT2D eigenvalue weighted by molar-refractivity contribution is 7.89. The number of hydrogen-bond acceptors (Lipinski definition) is 5. The van der Waals surface area contributed by atoms with Crippen molar-refractivity contribution in [3.05, 3.63) is 29.8 Å². The summed E-state index contributed by atoms with van der Waals surface area (Å²) in [7, 11) is -4.57. The van der Waals surface area contributed by atoms with E-state index in [1.807, 2.05) is 0 Å². The van der Waals surface area contributed by atoms with Gasteiger partial charge in [0.1, 0.15) is 5.71 Å². The number of nitrogens with zero attached hydrogens (tertiary/aromatic N) is 2. The maximum atomic E-state index is 13.6. The van der Waals surface area contributed by atoms with E-state index in [1.165, 1.54) is 12.1 Å². The zero-order valence-electron chi connectivity index (χ0n) is 12.9. The average molecular weight is 388 g/mol. The number of aliphatic hydroxyl groups is 1. The Hall–Kier alpha value is -1.79. The van der Waals surface area contributed by atoms with Crippen molar-refractivity contribution >= 4 is 15.7 Å². The summed E-state index contributed by atoms with van der Waals surface area (Å²) in [4.78, 5) is -0.372. The lowest BCUT2D eigenvalue weighted by atomic mass is 10.1. The lowest BCUT2D eigenvalue weighted by Gasteiger charge is -2.27. The van der Waals surface area contributed by atoms with Crippen molar-refractivity contribution in [2.45, 2.75) is 43.4 Å². The number of halogens is 5. The van der Waals surface area contributed by atoms with Crippen LogP contribution >= 0.6 is 0 Å². The molecule has 1 aromatic carbocycles. The van der Waals surface area contributed by atoms with Gasteiger partial charge in [0.25, 0.3) is 10.0 Å². The Kier molecular flexibility index (Phi) is 4.60. The first-order chi connectivity index (χ1) is 11.2. The second-order valence-corrected chi connectivity index (χ2v) is 7.33. The van der Waals surface area contributed by atoms with Crippen LogP contribution in [0.25, 0.3) is 0 Å². The van der Waals surface area contributed by atoms with Crippen LogP contribution in [0.1, 0.15) is 18.9 Å². The third-order valence-electron chi connectivity index (χ3n) is 3.25. The monoisotopic (exact) mass is 388 g/mol. The largest absolute Gasteiger partial charge is 0.527 e. The lowest BCUT2D eigenvalue weighted by molar-refractivity contribution is -0.403. The molecule has 6 nitrogen and oxygen atoms in total.